The third kappa shape index (κ3) is 2.30. The van der Waals surface area contributed by atoms with Crippen LogP contribution in [0.15, 0.2) is 18.2 Å². The molecule has 15 heavy (non-hydrogen) atoms. The number of hydrogen-bond donors (Lipinski definition) is 3. The molecular weight excluding hydrogens is 188 g/mol. The maximum Gasteiger partial charge on any atom is 0.0636 e. The molecule has 0 amide bonds. The van der Waals surface area contributed by atoms with Crippen LogP contribution in [0.1, 0.15) is 30.5 Å². The second-order valence-corrected chi connectivity index (χ2v) is 4.31. The zero-order valence-electron chi connectivity index (χ0n) is 9.03. The van der Waals surface area contributed by atoms with Gasteiger partial charge in [-0.25, -0.2) is 0 Å². The highest BCUT2D eigenvalue weighted by atomic mass is 16.3. The van der Waals surface area contributed by atoms with Crippen molar-refractivity contribution >= 4 is 5.69 Å². The molecular formula is C12H18N2O. The van der Waals surface area contributed by atoms with Crippen molar-refractivity contribution in [3.8, 4) is 0 Å². The predicted octanol–water partition coefficient (Wildman–Crippen LogP) is 1.23. The van der Waals surface area contributed by atoms with Crippen LogP contribution < -0.4 is 11.1 Å². The summed E-state index contributed by atoms with van der Waals surface area (Å²) in [5.41, 5.74) is 9.26. The summed E-state index contributed by atoms with van der Waals surface area (Å²) in [6, 6.07) is 6.48. The molecule has 0 heterocycles. The molecule has 3 nitrogen and oxygen atoms in total. The molecule has 1 aliphatic rings. The topological polar surface area (TPSA) is 58.3 Å². The minimum absolute atomic E-state index is 0.289. The van der Waals surface area contributed by atoms with Gasteiger partial charge < -0.3 is 16.2 Å². The van der Waals surface area contributed by atoms with Crippen LogP contribution in [0, 0.1) is 0 Å². The smallest absolute Gasteiger partial charge is 0.0636 e. The van der Waals surface area contributed by atoms with Gasteiger partial charge in [0.1, 0.15) is 0 Å². The molecule has 0 aliphatic heterocycles. The van der Waals surface area contributed by atoms with E-state index in [1.807, 2.05) is 6.07 Å². The Hall–Kier alpha value is -1.06. The molecule has 4 N–H and O–H groups in total. The maximum absolute atomic E-state index is 9.22. The van der Waals surface area contributed by atoms with E-state index in [0.717, 1.165) is 18.5 Å². The molecule has 2 rings (SSSR count). The number of anilines is 1. The average Bonchev–Trinajstić information content (AvgIpc) is 2.57. The number of hydrogen-bond acceptors (Lipinski definition) is 3. The second kappa shape index (κ2) is 4.21. The van der Waals surface area contributed by atoms with Crippen molar-refractivity contribution in [2.45, 2.75) is 31.9 Å². The zero-order valence-corrected chi connectivity index (χ0v) is 9.03. The fourth-order valence-electron chi connectivity index (χ4n) is 2.16. The summed E-state index contributed by atoms with van der Waals surface area (Å²) in [7, 11) is 0. The van der Waals surface area contributed by atoms with Crippen LogP contribution in [0.25, 0.3) is 0 Å². The highest BCUT2D eigenvalue weighted by Crippen LogP contribution is 2.32. The van der Waals surface area contributed by atoms with E-state index >= 15 is 0 Å². The number of benzene rings is 1. The van der Waals surface area contributed by atoms with Gasteiger partial charge in [-0.15, -0.1) is 0 Å². The summed E-state index contributed by atoms with van der Waals surface area (Å²) < 4.78 is 0. The molecule has 2 unspecified atom stereocenters. The molecule has 2 atom stereocenters. The van der Waals surface area contributed by atoms with Gasteiger partial charge in [-0.2, -0.15) is 0 Å². The molecule has 0 saturated carbocycles. The number of nitrogen functional groups attached to an aromatic ring is 1. The Kier molecular flexibility index (Phi) is 2.93. The number of nitrogens with two attached hydrogens (primary N) is 1. The van der Waals surface area contributed by atoms with Gasteiger partial charge in [0.15, 0.2) is 0 Å². The SMILES string of the molecule is CC(O)CNC1CCc2cc(N)ccc21. The van der Waals surface area contributed by atoms with Crippen LogP contribution in [-0.4, -0.2) is 17.8 Å². The van der Waals surface area contributed by atoms with Crippen LogP contribution in [0.4, 0.5) is 5.69 Å². The van der Waals surface area contributed by atoms with Crippen LogP contribution >= 0.6 is 0 Å². The van der Waals surface area contributed by atoms with Gasteiger partial charge in [-0.05, 0) is 43.0 Å². The summed E-state index contributed by atoms with van der Waals surface area (Å²) in [6.07, 6.45) is 1.89. The lowest BCUT2D eigenvalue weighted by Crippen LogP contribution is -2.27. The van der Waals surface area contributed by atoms with Crippen molar-refractivity contribution in [1.82, 2.24) is 5.32 Å². The molecule has 1 aromatic carbocycles. The first-order valence-corrected chi connectivity index (χ1v) is 5.46. The minimum atomic E-state index is -0.289. The first kappa shape index (κ1) is 10.5. The third-order valence-electron chi connectivity index (χ3n) is 2.90. The fourth-order valence-corrected chi connectivity index (χ4v) is 2.16. The lowest BCUT2D eigenvalue weighted by molar-refractivity contribution is 0.186. The molecule has 0 aromatic heterocycles. The number of aliphatic hydroxyl groups is 1. The highest BCUT2D eigenvalue weighted by molar-refractivity contribution is 5.47. The maximum atomic E-state index is 9.22. The van der Waals surface area contributed by atoms with Crippen molar-refractivity contribution in [3.63, 3.8) is 0 Å². The molecule has 0 bridgehead atoms. The van der Waals surface area contributed by atoms with Gasteiger partial charge in [-0.1, -0.05) is 6.07 Å². The average molecular weight is 206 g/mol. The fraction of sp³-hybridized carbons (Fsp3) is 0.500. The van der Waals surface area contributed by atoms with Crippen molar-refractivity contribution in [1.29, 1.82) is 0 Å². The molecule has 1 aromatic rings. The summed E-state index contributed by atoms with van der Waals surface area (Å²) in [5, 5.41) is 12.6. The first-order chi connectivity index (χ1) is 7.16. The minimum Gasteiger partial charge on any atom is -0.399 e. The molecule has 0 saturated heterocycles. The van der Waals surface area contributed by atoms with E-state index in [4.69, 9.17) is 5.73 Å². The Labute approximate surface area is 90.3 Å². The largest absolute Gasteiger partial charge is 0.399 e. The molecule has 0 fully saturated rings. The number of fused-ring (bicyclic) bond motifs is 1. The first-order valence-electron chi connectivity index (χ1n) is 5.46. The molecule has 82 valence electrons. The quantitative estimate of drug-likeness (QED) is 0.652. The van der Waals surface area contributed by atoms with Gasteiger partial charge in [0.2, 0.25) is 0 Å². The highest BCUT2D eigenvalue weighted by Gasteiger charge is 2.21. The third-order valence-corrected chi connectivity index (χ3v) is 2.90. The molecule has 0 spiro atoms. The summed E-state index contributed by atoms with van der Waals surface area (Å²) in [4.78, 5) is 0. The number of rotatable bonds is 3. The lowest BCUT2D eigenvalue weighted by atomic mass is 10.1. The summed E-state index contributed by atoms with van der Waals surface area (Å²) in [6.45, 7) is 2.44. The monoisotopic (exact) mass is 206 g/mol. The van der Waals surface area contributed by atoms with E-state index in [2.05, 4.69) is 17.4 Å². The van der Waals surface area contributed by atoms with Crippen LogP contribution in [-0.2, 0) is 6.42 Å². The van der Waals surface area contributed by atoms with Crippen LogP contribution in [0.3, 0.4) is 0 Å². The number of aliphatic hydroxyl groups excluding tert-OH is 1. The molecule has 0 radical (unpaired) electrons. The van der Waals surface area contributed by atoms with E-state index in [0.29, 0.717) is 12.6 Å². The van der Waals surface area contributed by atoms with Gasteiger partial charge in [-0.3, -0.25) is 0 Å². The van der Waals surface area contributed by atoms with E-state index in [1.165, 1.54) is 11.1 Å². The van der Waals surface area contributed by atoms with Gasteiger partial charge in [0, 0.05) is 18.3 Å². The zero-order chi connectivity index (χ0) is 10.8. The second-order valence-electron chi connectivity index (χ2n) is 4.31. The summed E-state index contributed by atoms with van der Waals surface area (Å²) >= 11 is 0. The summed E-state index contributed by atoms with van der Waals surface area (Å²) in [5.74, 6) is 0. The Balaban J connectivity index is 2.08. The van der Waals surface area contributed by atoms with Crippen molar-refractivity contribution in [2.75, 3.05) is 12.3 Å². The molecule has 1 aliphatic carbocycles. The van der Waals surface area contributed by atoms with Gasteiger partial charge >= 0.3 is 0 Å². The molecule has 3 heteroatoms. The Morgan fingerprint density at radius 3 is 3.13 bits per heavy atom. The Morgan fingerprint density at radius 2 is 2.40 bits per heavy atom. The Morgan fingerprint density at radius 1 is 1.60 bits per heavy atom. The van der Waals surface area contributed by atoms with Gasteiger partial charge in [0.25, 0.3) is 0 Å². The predicted molar refractivity (Wildman–Crippen MR) is 61.6 cm³/mol. The van der Waals surface area contributed by atoms with Gasteiger partial charge in [0.05, 0.1) is 6.10 Å². The van der Waals surface area contributed by atoms with Crippen LogP contribution in [0.2, 0.25) is 0 Å². The number of aryl methyl sites for hydroxylation is 1. The normalized spacial score (nSPS) is 21.3. The Bertz CT molecular complexity index is 349. The van der Waals surface area contributed by atoms with E-state index < -0.39 is 0 Å². The number of nitrogens with one attached hydrogen (secondary N) is 1. The van der Waals surface area contributed by atoms with Crippen LogP contribution in [0.5, 0.6) is 0 Å². The van der Waals surface area contributed by atoms with Crippen molar-refractivity contribution in [3.05, 3.63) is 29.3 Å². The van der Waals surface area contributed by atoms with E-state index in [1.54, 1.807) is 6.92 Å². The van der Waals surface area contributed by atoms with Crippen molar-refractivity contribution in [2.24, 2.45) is 0 Å². The lowest BCUT2D eigenvalue weighted by Gasteiger charge is -2.15. The standard InChI is InChI=1S/C12H18N2O/c1-8(15)7-14-12-5-2-9-6-10(13)3-4-11(9)12/h3-4,6,8,12,14-15H,2,5,7,13H2,1H3. The van der Waals surface area contributed by atoms with Crippen molar-refractivity contribution < 1.29 is 5.11 Å². The van der Waals surface area contributed by atoms with E-state index in [-0.39, 0.29) is 6.10 Å². The van der Waals surface area contributed by atoms with E-state index in [9.17, 15) is 5.11 Å².